The van der Waals surface area contributed by atoms with Crippen LogP contribution >= 0.6 is 23.2 Å². The Hall–Kier alpha value is -3.46. The molecule has 0 atom stereocenters. The van der Waals surface area contributed by atoms with Crippen LogP contribution in [0.2, 0.25) is 10.2 Å². The largest absolute Gasteiger partial charge is 0.392 e. The predicted octanol–water partition coefficient (Wildman–Crippen LogP) is 5.17. The van der Waals surface area contributed by atoms with Gasteiger partial charge in [-0.2, -0.15) is 0 Å². The van der Waals surface area contributed by atoms with Crippen LogP contribution in [0, 0.1) is 5.82 Å². The number of hydrogen-bond donors (Lipinski definition) is 2. The van der Waals surface area contributed by atoms with Gasteiger partial charge in [-0.1, -0.05) is 23.2 Å². The van der Waals surface area contributed by atoms with E-state index in [-0.39, 0.29) is 24.1 Å². The Balaban J connectivity index is 1.59. The molecule has 0 saturated carbocycles. The standard InChI is InChI=1S/C27H24Cl2FN5O2/c1-31-27-32-3-5-35(27)14-17-8-22(23-10-18(15-36)12-33-25(23)29)21-2-4-34(26(37)24(21)9-17)13-16-6-19(28)11-20(30)7-16/h3,5-12,36H,2,4,13-15H2,1H3,(H,31,32). The molecule has 0 bridgehead atoms. The summed E-state index contributed by atoms with van der Waals surface area (Å²) in [6.07, 6.45) is 5.66. The summed E-state index contributed by atoms with van der Waals surface area (Å²) in [6, 6.07) is 10.0. The Morgan fingerprint density at radius 2 is 1.76 bits per heavy atom. The van der Waals surface area contributed by atoms with E-state index in [1.54, 1.807) is 30.3 Å². The van der Waals surface area contributed by atoms with Gasteiger partial charge < -0.3 is 19.9 Å². The molecule has 4 aromatic rings. The van der Waals surface area contributed by atoms with Crippen LogP contribution in [0.3, 0.4) is 0 Å². The van der Waals surface area contributed by atoms with Crippen LogP contribution in [0.5, 0.6) is 0 Å². The van der Waals surface area contributed by atoms with Crippen molar-refractivity contribution in [1.29, 1.82) is 0 Å². The number of aromatic nitrogens is 3. The van der Waals surface area contributed by atoms with Gasteiger partial charge in [0.05, 0.1) is 13.2 Å². The topological polar surface area (TPSA) is 83.3 Å². The van der Waals surface area contributed by atoms with E-state index in [0.717, 1.165) is 16.7 Å². The average Bonchev–Trinajstić information content (AvgIpc) is 3.32. The zero-order valence-electron chi connectivity index (χ0n) is 20.0. The fraction of sp³-hybridized carbons (Fsp3) is 0.222. The quantitative estimate of drug-likeness (QED) is 0.316. The van der Waals surface area contributed by atoms with Gasteiger partial charge in [0.2, 0.25) is 5.95 Å². The van der Waals surface area contributed by atoms with E-state index < -0.39 is 5.82 Å². The van der Waals surface area contributed by atoms with Gasteiger partial charge in [0.25, 0.3) is 5.91 Å². The SMILES string of the molecule is CNc1nccn1Cc1cc2c(c(-c3cc(CO)cnc3Cl)c1)CCN(Cc1cc(F)cc(Cl)c1)C2=O. The monoisotopic (exact) mass is 539 g/mol. The predicted molar refractivity (Wildman–Crippen MR) is 141 cm³/mol. The number of benzene rings is 2. The number of aliphatic hydroxyl groups excluding tert-OH is 1. The molecule has 0 fully saturated rings. The van der Waals surface area contributed by atoms with Crippen LogP contribution in [0.4, 0.5) is 10.3 Å². The summed E-state index contributed by atoms with van der Waals surface area (Å²) in [7, 11) is 1.79. The summed E-state index contributed by atoms with van der Waals surface area (Å²) >= 11 is 12.5. The number of anilines is 1. The molecule has 0 spiro atoms. The van der Waals surface area contributed by atoms with Crippen LogP contribution in [0.25, 0.3) is 11.1 Å². The van der Waals surface area contributed by atoms with Crippen molar-refractivity contribution in [1.82, 2.24) is 19.4 Å². The summed E-state index contributed by atoms with van der Waals surface area (Å²) in [5.74, 6) is 0.0901. The molecule has 2 aromatic carbocycles. The van der Waals surface area contributed by atoms with E-state index in [0.29, 0.717) is 52.9 Å². The number of nitrogens with zero attached hydrogens (tertiary/aromatic N) is 4. The molecule has 5 rings (SSSR count). The second-order valence-electron chi connectivity index (χ2n) is 8.89. The molecule has 7 nitrogen and oxygen atoms in total. The first-order valence-electron chi connectivity index (χ1n) is 11.7. The molecule has 1 amide bonds. The molecule has 1 aliphatic rings. The van der Waals surface area contributed by atoms with Crippen LogP contribution < -0.4 is 5.32 Å². The lowest BCUT2D eigenvalue weighted by Crippen LogP contribution is -2.37. The molecule has 3 heterocycles. The van der Waals surface area contributed by atoms with E-state index in [1.165, 1.54) is 18.3 Å². The number of fused-ring (bicyclic) bond motifs is 1. The highest BCUT2D eigenvalue weighted by molar-refractivity contribution is 6.32. The zero-order valence-corrected chi connectivity index (χ0v) is 21.5. The Morgan fingerprint density at radius 1 is 1.00 bits per heavy atom. The summed E-state index contributed by atoms with van der Waals surface area (Å²) in [5, 5.41) is 13.3. The minimum atomic E-state index is -0.441. The number of pyridine rings is 1. The first kappa shape index (κ1) is 25.2. The van der Waals surface area contributed by atoms with Gasteiger partial charge in [-0.25, -0.2) is 14.4 Å². The molecule has 1 aliphatic heterocycles. The van der Waals surface area contributed by atoms with E-state index in [4.69, 9.17) is 23.2 Å². The van der Waals surface area contributed by atoms with Gasteiger partial charge in [-0.15, -0.1) is 0 Å². The first-order chi connectivity index (χ1) is 17.9. The van der Waals surface area contributed by atoms with E-state index in [2.05, 4.69) is 15.3 Å². The fourth-order valence-corrected chi connectivity index (χ4v) is 5.19. The van der Waals surface area contributed by atoms with E-state index in [1.807, 2.05) is 22.9 Å². The molecule has 37 heavy (non-hydrogen) atoms. The number of carbonyl (C=O) groups is 1. The normalized spacial score (nSPS) is 13.1. The van der Waals surface area contributed by atoms with Gasteiger partial charge in [-0.05, 0) is 70.6 Å². The third-order valence-electron chi connectivity index (χ3n) is 6.42. The summed E-state index contributed by atoms with van der Waals surface area (Å²) in [5.41, 5.74) is 4.99. The molecule has 2 N–H and O–H groups in total. The number of nitrogens with one attached hydrogen (secondary N) is 1. The van der Waals surface area contributed by atoms with Crippen molar-refractivity contribution in [3.05, 3.63) is 98.8 Å². The maximum Gasteiger partial charge on any atom is 0.254 e. The Labute approximate surface area is 223 Å². The van der Waals surface area contributed by atoms with Crippen LogP contribution in [0.1, 0.15) is 32.6 Å². The summed E-state index contributed by atoms with van der Waals surface area (Å²) < 4.78 is 15.9. The van der Waals surface area contributed by atoms with Gasteiger partial charge in [0.1, 0.15) is 11.0 Å². The molecule has 0 saturated heterocycles. The van der Waals surface area contributed by atoms with Crippen molar-refractivity contribution in [3.63, 3.8) is 0 Å². The molecule has 0 unspecified atom stereocenters. The van der Waals surface area contributed by atoms with Gasteiger partial charge >= 0.3 is 0 Å². The highest BCUT2D eigenvalue weighted by Crippen LogP contribution is 2.36. The van der Waals surface area contributed by atoms with Crippen molar-refractivity contribution in [2.24, 2.45) is 0 Å². The number of imidazole rings is 1. The second kappa shape index (κ2) is 10.5. The zero-order chi connectivity index (χ0) is 26.1. The number of amides is 1. The first-order valence-corrected chi connectivity index (χ1v) is 12.5. The van der Waals surface area contributed by atoms with Gasteiger partial charge in [0.15, 0.2) is 0 Å². The highest BCUT2D eigenvalue weighted by atomic mass is 35.5. The number of rotatable bonds is 7. The Morgan fingerprint density at radius 3 is 2.51 bits per heavy atom. The van der Waals surface area contributed by atoms with Crippen molar-refractivity contribution >= 4 is 35.1 Å². The van der Waals surface area contributed by atoms with Crippen molar-refractivity contribution < 1.29 is 14.3 Å². The molecule has 10 heteroatoms. The number of carbonyl (C=O) groups excluding carboxylic acids is 1. The molecule has 2 aromatic heterocycles. The van der Waals surface area contributed by atoms with Crippen molar-refractivity contribution in [3.8, 4) is 11.1 Å². The lowest BCUT2D eigenvalue weighted by atomic mass is 9.88. The summed E-state index contributed by atoms with van der Waals surface area (Å²) in [4.78, 5) is 24.0. The Bertz CT molecular complexity index is 1470. The lowest BCUT2D eigenvalue weighted by Gasteiger charge is -2.31. The number of aliphatic hydroxyl groups is 1. The van der Waals surface area contributed by atoms with Crippen LogP contribution in [-0.4, -0.2) is 44.0 Å². The maximum atomic E-state index is 13.9. The second-order valence-corrected chi connectivity index (χ2v) is 9.69. The minimum Gasteiger partial charge on any atom is -0.392 e. The molecular formula is C27H24Cl2FN5O2. The highest BCUT2D eigenvalue weighted by Gasteiger charge is 2.28. The van der Waals surface area contributed by atoms with E-state index in [9.17, 15) is 14.3 Å². The fourth-order valence-electron chi connectivity index (χ4n) is 4.74. The Kier molecular flexibility index (Phi) is 7.15. The van der Waals surface area contributed by atoms with Crippen molar-refractivity contribution in [2.75, 3.05) is 18.9 Å². The third kappa shape index (κ3) is 5.18. The molecule has 0 radical (unpaired) electrons. The number of halogens is 3. The van der Waals surface area contributed by atoms with Crippen LogP contribution in [0.15, 0.2) is 55.0 Å². The summed E-state index contributed by atoms with van der Waals surface area (Å²) in [6.45, 7) is 0.974. The number of hydrogen-bond acceptors (Lipinski definition) is 5. The van der Waals surface area contributed by atoms with Crippen molar-refractivity contribution in [2.45, 2.75) is 26.1 Å². The third-order valence-corrected chi connectivity index (χ3v) is 6.93. The smallest absolute Gasteiger partial charge is 0.254 e. The van der Waals surface area contributed by atoms with E-state index >= 15 is 0 Å². The molecule has 190 valence electrons. The average molecular weight is 540 g/mol. The minimum absolute atomic E-state index is 0.161. The molecular weight excluding hydrogens is 516 g/mol. The van der Waals surface area contributed by atoms with Gasteiger partial charge in [0, 0.05) is 54.9 Å². The molecule has 0 aliphatic carbocycles. The maximum absolute atomic E-state index is 13.9. The van der Waals surface area contributed by atoms with Crippen LogP contribution in [-0.2, 0) is 26.1 Å². The lowest BCUT2D eigenvalue weighted by molar-refractivity contribution is 0.0727. The van der Waals surface area contributed by atoms with Gasteiger partial charge in [-0.3, -0.25) is 4.79 Å².